The Kier molecular flexibility index (Phi) is 13.5. The zero-order valence-corrected chi connectivity index (χ0v) is 36.1. The Labute approximate surface area is 351 Å². The van der Waals surface area contributed by atoms with Gasteiger partial charge >= 0.3 is 6.09 Å². The molecule has 13 nitrogen and oxygen atoms in total. The Hall–Kier alpha value is -5.21. The van der Waals surface area contributed by atoms with Crippen LogP contribution in [0.3, 0.4) is 0 Å². The molecule has 6 rings (SSSR count). The van der Waals surface area contributed by atoms with Crippen molar-refractivity contribution in [3.05, 3.63) is 93.5 Å². The number of aryl methyl sites for hydroxylation is 1. The zero-order valence-electron chi connectivity index (χ0n) is 35.3. The smallest absolute Gasteiger partial charge is 0.408 e. The van der Waals surface area contributed by atoms with Gasteiger partial charge in [-0.25, -0.2) is 14.8 Å². The van der Waals surface area contributed by atoms with Gasteiger partial charge in [-0.1, -0.05) is 42.5 Å². The largest absolute Gasteiger partial charge is 0.496 e. The van der Waals surface area contributed by atoms with E-state index in [-0.39, 0.29) is 24.3 Å². The molecule has 0 saturated carbocycles. The predicted octanol–water partition coefficient (Wildman–Crippen LogP) is 6.29. The molecule has 4 aromatic rings. The molecule has 59 heavy (non-hydrogen) atoms. The van der Waals surface area contributed by atoms with Crippen LogP contribution in [0.25, 0.3) is 10.2 Å². The van der Waals surface area contributed by atoms with Gasteiger partial charge in [-0.05, 0) is 126 Å². The van der Waals surface area contributed by atoms with E-state index in [0.29, 0.717) is 62.6 Å². The lowest BCUT2D eigenvalue weighted by Crippen LogP contribution is -2.67. The number of hydrogen-bond acceptors (Lipinski definition) is 9. The number of rotatable bonds is 14. The number of alkyl carbamates (subject to hydrolysis) is 1. The molecule has 3 aromatic carbocycles. The number of methoxy groups -OCH3 is 1. The van der Waals surface area contributed by atoms with Crippen LogP contribution >= 0.6 is 11.3 Å². The summed E-state index contributed by atoms with van der Waals surface area (Å²) in [6.07, 6.45) is 1.53. The van der Waals surface area contributed by atoms with Crippen LogP contribution in [0.2, 0.25) is 0 Å². The third-order valence-corrected chi connectivity index (χ3v) is 12.7. The van der Waals surface area contributed by atoms with Crippen molar-refractivity contribution in [3.63, 3.8) is 0 Å². The van der Waals surface area contributed by atoms with Gasteiger partial charge in [0.15, 0.2) is 5.96 Å². The maximum atomic E-state index is 14.8. The summed E-state index contributed by atoms with van der Waals surface area (Å²) >= 11 is 1.38. The Bertz CT molecular complexity index is 2140. The number of fused-ring (bicyclic) bond motifs is 2. The highest BCUT2D eigenvalue weighted by Crippen LogP contribution is 2.39. The fourth-order valence-corrected chi connectivity index (χ4v) is 9.37. The van der Waals surface area contributed by atoms with Gasteiger partial charge in [0, 0.05) is 19.0 Å². The maximum Gasteiger partial charge on any atom is 0.408 e. The quantitative estimate of drug-likeness (QED) is 0.0555. The highest BCUT2D eigenvalue weighted by atomic mass is 32.1. The number of amides is 3. The number of nitrogens with two attached hydrogens (primary N) is 1. The Balaban J connectivity index is 1.18. The number of thiazole rings is 1. The van der Waals surface area contributed by atoms with Crippen LogP contribution in [-0.2, 0) is 27.3 Å². The third kappa shape index (κ3) is 10.2. The normalized spacial score (nSPS) is 20.5. The molecule has 2 aliphatic rings. The second kappa shape index (κ2) is 18.4. The molecule has 316 valence electrons. The summed E-state index contributed by atoms with van der Waals surface area (Å²) in [7, 11) is 1.67. The first kappa shape index (κ1) is 43.4. The molecule has 1 unspecified atom stereocenters. The van der Waals surface area contributed by atoms with E-state index in [1.165, 1.54) is 11.3 Å². The molecule has 0 bridgehead atoms. The number of nitrogens with one attached hydrogen (secondary N) is 3. The predicted molar refractivity (Wildman–Crippen MR) is 231 cm³/mol. The van der Waals surface area contributed by atoms with E-state index in [4.69, 9.17) is 20.2 Å². The van der Waals surface area contributed by atoms with Crippen LogP contribution in [0.5, 0.6) is 5.75 Å². The van der Waals surface area contributed by atoms with Gasteiger partial charge in [0.05, 0.1) is 29.9 Å². The molecule has 0 radical (unpaired) electrons. The van der Waals surface area contributed by atoms with Crippen molar-refractivity contribution < 1.29 is 29.0 Å². The first-order valence-corrected chi connectivity index (χ1v) is 21.3. The number of aliphatic imine (C=N–C) groups is 1. The molecule has 14 heteroatoms. The van der Waals surface area contributed by atoms with Crippen LogP contribution in [0, 0.1) is 20.8 Å². The Morgan fingerprint density at radius 2 is 1.80 bits per heavy atom. The number of aliphatic hydroxyl groups excluding tert-OH is 1. The number of benzene rings is 3. The zero-order chi connectivity index (χ0) is 42.5. The van der Waals surface area contributed by atoms with Gasteiger partial charge in [0.2, 0.25) is 11.8 Å². The fraction of sp³-hybridized carbons (Fsp3) is 0.489. The van der Waals surface area contributed by atoms with Gasteiger partial charge in [-0.15, -0.1) is 11.3 Å². The molecule has 6 N–H and O–H groups in total. The van der Waals surface area contributed by atoms with E-state index in [1.54, 1.807) is 32.8 Å². The molecule has 2 aliphatic heterocycles. The van der Waals surface area contributed by atoms with E-state index in [2.05, 4.69) is 27.9 Å². The number of hydrogen-bond donors (Lipinski definition) is 5. The summed E-state index contributed by atoms with van der Waals surface area (Å²) in [6.45, 7) is 12.3. The molecule has 2 saturated heterocycles. The SMILES string of the molecule is COc1cc(C)c(CN=C(N)NCCC[C@H](NC(=O)[C@@H]2CC[C@@H]3CC[C@@](Cc4ccccc4)(NC(=O)OC(C)(C)C)C(=O)N32)C(O)c2nc3ccccc3s2)c(C)c1C. The Morgan fingerprint density at radius 1 is 1.07 bits per heavy atom. The number of piperidine rings is 1. The van der Waals surface area contributed by atoms with Gasteiger partial charge in [-0.2, -0.15) is 0 Å². The van der Waals surface area contributed by atoms with Crippen molar-refractivity contribution in [2.45, 2.75) is 128 Å². The number of ether oxygens (including phenoxy) is 2. The van der Waals surface area contributed by atoms with E-state index < -0.39 is 35.4 Å². The highest BCUT2D eigenvalue weighted by Gasteiger charge is 2.54. The number of aliphatic hydroxyl groups is 1. The monoisotopic (exact) mass is 825 g/mol. The number of guanidine groups is 1. The molecule has 3 amide bonds. The van der Waals surface area contributed by atoms with Crippen molar-refractivity contribution in [2.24, 2.45) is 10.7 Å². The molecule has 0 spiro atoms. The lowest BCUT2D eigenvalue weighted by Gasteiger charge is -2.45. The second-order valence-corrected chi connectivity index (χ2v) is 17.9. The lowest BCUT2D eigenvalue weighted by atomic mass is 9.80. The van der Waals surface area contributed by atoms with Crippen molar-refractivity contribution >= 4 is 45.4 Å². The summed E-state index contributed by atoms with van der Waals surface area (Å²) < 4.78 is 12.1. The molecule has 1 aromatic heterocycles. The van der Waals surface area contributed by atoms with Gasteiger partial charge in [0.25, 0.3) is 0 Å². The van der Waals surface area contributed by atoms with Gasteiger partial charge < -0.3 is 41.2 Å². The maximum absolute atomic E-state index is 14.8. The van der Waals surface area contributed by atoms with Crippen LogP contribution in [0.15, 0.2) is 65.7 Å². The standard InChI is InChI=1S/C45H59N7O6S/c1-27-24-36(57-7)29(3)28(2)32(27)26-48-42(46)47-23-13-17-34(38(53)40-50-33-16-11-12-18-37(33)59-40)49-39(54)35-20-19-31-21-22-45(41(55)52(31)35,25-30-14-9-8-10-15-30)51-43(56)58-44(4,5)6/h8-12,14-16,18,24,31,34-35,38,53H,13,17,19-23,25-26H2,1-7H3,(H,49,54)(H,51,56)(H3,46,47,48)/t31-,34+,35+,38?,45+/m1/s1. The molecular weight excluding hydrogens is 767 g/mol. The molecule has 5 atom stereocenters. The molecule has 2 fully saturated rings. The van der Waals surface area contributed by atoms with Crippen LogP contribution in [0.4, 0.5) is 4.79 Å². The average molecular weight is 826 g/mol. The van der Waals surface area contributed by atoms with Gasteiger partial charge in [-0.3, -0.25) is 9.59 Å². The highest BCUT2D eigenvalue weighted by molar-refractivity contribution is 7.18. The number of nitrogens with zero attached hydrogens (tertiary/aromatic N) is 3. The first-order valence-electron chi connectivity index (χ1n) is 20.5. The summed E-state index contributed by atoms with van der Waals surface area (Å²) in [6, 6.07) is 17.6. The second-order valence-electron chi connectivity index (χ2n) is 16.8. The van der Waals surface area contributed by atoms with E-state index in [1.807, 2.05) is 74.5 Å². The van der Waals surface area contributed by atoms with Crippen LogP contribution < -0.4 is 26.4 Å². The van der Waals surface area contributed by atoms with Crippen molar-refractivity contribution in [1.29, 1.82) is 0 Å². The van der Waals surface area contributed by atoms with Crippen molar-refractivity contribution in [3.8, 4) is 5.75 Å². The van der Waals surface area contributed by atoms with Crippen molar-refractivity contribution in [1.82, 2.24) is 25.8 Å². The number of carbonyl (C=O) groups is 3. The number of para-hydroxylation sites is 1. The van der Waals surface area contributed by atoms with E-state index >= 15 is 0 Å². The number of aromatic nitrogens is 1. The minimum atomic E-state index is -1.31. The van der Waals surface area contributed by atoms with Gasteiger partial charge in [0.1, 0.15) is 34.0 Å². The minimum absolute atomic E-state index is 0.156. The molecule has 3 heterocycles. The van der Waals surface area contributed by atoms with Crippen LogP contribution in [-0.4, -0.2) is 81.8 Å². The minimum Gasteiger partial charge on any atom is -0.496 e. The fourth-order valence-electron chi connectivity index (χ4n) is 8.35. The summed E-state index contributed by atoms with van der Waals surface area (Å²) in [4.78, 5) is 53.5. The topological polar surface area (TPSA) is 180 Å². The van der Waals surface area contributed by atoms with Crippen LogP contribution in [0.1, 0.15) is 98.2 Å². The molecule has 0 aliphatic carbocycles. The molecular formula is C45H59N7O6S. The van der Waals surface area contributed by atoms with E-state index in [9.17, 15) is 19.5 Å². The number of carbonyl (C=O) groups excluding carboxylic acids is 3. The summed E-state index contributed by atoms with van der Waals surface area (Å²) in [5.41, 5.74) is 10.2. The summed E-state index contributed by atoms with van der Waals surface area (Å²) in [5.74, 6) is 0.478. The lowest BCUT2D eigenvalue weighted by molar-refractivity contribution is -0.150. The first-order chi connectivity index (χ1) is 28.1. The summed E-state index contributed by atoms with van der Waals surface area (Å²) in [5, 5.41) is 21.6. The Morgan fingerprint density at radius 3 is 2.51 bits per heavy atom. The van der Waals surface area contributed by atoms with E-state index in [0.717, 1.165) is 43.8 Å². The van der Waals surface area contributed by atoms with Crippen molar-refractivity contribution in [2.75, 3.05) is 13.7 Å². The third-order valence-electron chi connectivity index (χ3n) is 11.5. The average Bonchev–Trinajstić information content (AvgIpc) is 3.83.